The van der Waals surface area contributed by atoms with Crippen molar-refractivity contribution in [2.75, 3.05) is 25.4 Å². The van der Waals surface area contributed by atoms with E-state index in [0.29, 0.717) is 47.2 Å². The van der Waals surface area contributed by atoms with Crippen LogP contribution < -0.4 is 0 Å². The molecule has 0 spiro atoms. The number of carbonyl (C=O) groups excluding carboxylic acids is 2. The van der Waals surface area contributed by atoms with Crippen LogP contribution in [0.25, 0.3) is 17.3 Å². The Balaban J connectivity index is 1.29. The van der Waals surface area contributed by atoms with E-state index >= 15 is 0 Å². The van der Waals surface area contributed by atoms with Crippen LogP contribution in [-0.4, -0.2) is 67.8 Å². The van der Waals surface area contributed by atoms with Gasteiger partial charge in [0.05, 0.1) is 24.0 Å². The number of hydrogen-bond donors (Lipinski definition) is 0. The number of nitrogens with zero attached hydrogens (tertiary/aromatic N) is 5. The van der Waals surface area contributed by atoms with E-state index in [1.807, 2.05) is 23.6 Å². The third kappa shape index (κ3) is 4.85. The minimum absolute atomic E-state index is 0.0351. The molecule has 0 radical (unpaired) electrons. The highest BCUT2D eigenvalue weighted by molar-refractivity contribution is 7.99. The lowest BCUT2D eigenvalue weighted by Crippen LogP contribution is -2.55. The Bertz CT molecular complexity index is 1320. The molecule has 35 heavy (non-hydrogen) atoms. The first-order valence-electron chi connectivity index (χ1n) is 11.0. The molecular weight excluding hydrogens is 490 g/mol. The number of piperazine rings is 1. The van der Waals surface area contributed by atoms with Crippen molar-refractivity contribution in [3.8, 4) is 17.3 Å². The second kappa shape index (κ2) is 10.0. The maximum Gasteiger partial charge on any atom is 0.289 e. The molecule has 4 heterocycles. The maximum absolute atomic E-state index is 13.0. The summed E-state index contributed by atoms with van der Waals surface area (Å²) in [5.41, 5.74) is 0.766. The summed E-state index contributed by atoms with van der Waals surface area (Å²) in [5.74, 6) is 1.36. The van der Waals surface area contributed by atoms with Gasteiger partial charge >= 0.3 is 0 Å². The zero-order valence-electron chi connectivity index (χ0n) is 18.8. The minimum Gasteiger partial charge on any atom is -0.461 e. The third-order valence-electron chi connectivity index (χ3n) is 5.74. The highest BCUT2D eigenvalue weighted by atomic mass is 35.5. The van der Waals surface area contributed by atoms with Gasteiger partial charge in [-0.15, -0.1) is 10.2 Å². The average molecular weight is 512 g/mol. The largest absolute Gasteiger partial charge is 0.461 e. The molecule has 1 aromatic carbocycles. The number of halogens is 1. The smallest absolute Gasteiger partial charge is 0.289 e. The SMILES string of the molecule is CC1CN(C(=O)CSc2nnc(-c3ccco3)n2-c2cccc(Cl)c2)CCN1C(=O)c1ccco1. The van der Waals surface area contributed by atoms with Crippen molar-refractivity contribution in [3.63, 3.8) is 0 Å². The lowest BCUT2D eigenvalue weighted by atomic mass is 10.1. The first-order chi connectivity index (χ1) is 17.0. The summed E-state index contributed by atoms with van der Waals surface area (Å²) in [7, 11) is 0. The van der Waals surface area contributed by atoms with Gasteiger partial charge in [0.1, 0.15) is 0 Å². The Morgan fingerprint density at radius 1 is 1.09 bits per heavy atom. The van der Waals surface area contributed by atoms with Crippen molar-refractivity contribution in [3.05, 3.63) is 71.8 Å². The van der Waals surface area contributed by atoms with Crippen LogP contribution in [0.15, 0.2) is 75.0 Å². The van der Waals surface area contributed by atoms with E-state index < -0.39 is 0 Å². The van der Waals surface area contributed by atoms with Crippen LogP contribution in [-0.2, 0) is 4.79 Å². The lowest BCUT2D eigenvalue weighted by Gasteiger charge is -2.39. The molecule has 1 fully saturated rings. The average Bonchev–Trinajstić information content (AvgIpc) is 3.63. The molecule has 180 valence electrons. The second-order valence-electron chi connectivity index (χ2n) is 8.05. The van der Waals surface area contributed by atoms with E-state index in [9.17, 15) is 9.59 Å². The summed E-state index contributed by atoms with van der Waals surface area (Å²) in [6.45, 7) is 3.27. The van der Waals surface area contributed by atoms with Crippen molar-refractivity contribution >= 4 is 35.2 Å². The summed E-state index contributed by atoms with van der Waals surface area (Å²) in [4.78, 5) is 29.2. The van der Waals surface area contributed by atoms with Crippen molar-refractivity contribution in [2.45, 2.75) is 18.1 Å². The second-order valence-corrected chi connectivity index (χ2v) is 9.43. The molecule has 11 heteroatoms. The Morgan fingerprint density at radius 3 is 2.63 bits per heavy atom. The highest BCUT2D eigenvalue weighted by Gasteiger charge is 2.31. The zero-order chi connectivity index (χ0) is 24.4. The number of amides is 2. The number of thioether (sulfide) groups is 1. The van der Waals surface area contributed by atoms with Crippen LogP contribution in [0, 0.1) is 0 Å². The Hall–Kier alpha value is -3.50. The summed E-state index contributed by atoms with van der Waals surface area (Å²) >= 11 is 7.51. The Kier molecular flexibility index (Phi) is 6.65. The van der Waals surface area contributed by atoms with Gasteiger partial charge in [-0.2, -0.15) is 0 Å². The Labute approximate surface area is 210 Å². The van der Waals surface area contributed by atoms with Gasteiger partial charge in [-0.05, 0) is 49.4 Å². The molecule has 0 N–H and O–H groups in total. The van der Waals surface area contributed by atoms with Gasteiger partial charge in [0, 0.05) is 30.7 Å². The third-order valence-corrected chi connectivity index (χ3v) is 6.89. The van der Waals surface area contributed by atoms with Crippen LogP contribution in [0.5, 0.6) is 0 Å². The molecule has 0 saturated carbocycles. The Morgan fingerprint density at radius 2 is 1.91 bits per heavy atom. The number of aromatic nitrogens is 3. The summed E-state index contributed by atoms with van der Waals surface area (Å²) in [6, 6.07) is 14.1. The van der Waals surface area contributed by atoms with Gasteiger partial charge in [-0.25, -0.2) is 0 Å². The molecule has 4 aromatic rings. The molecule has 0 aliphatic carbocycles. The predicted octanol–water partition coefficient (Wildman–Crippen LogP) is 4.24. The number of rotatable bonds is 6. The molecule has 1 aliphatic heterocycles. The first-order valence-corrected chi connectivity index (χ1v) is 12.4. The minimum atomic E-state index is -0.163. The van der Waals surface area contributed by atoms with E-state index in [0.717, 1.165) is 5.69 Å². The topological polar surface area (TPSA) is 97.6 Å². The van der Waals surface area contributed by atoms with Gasteiger partial charge in [-0.3, -0.25) is 14.2 Å². The number of carbonyl (C=O) groups is 2. The number of hydrogen-bond acceptors (Lipinski definition) is 7. The van der Waals surface area contributed by atoms with Crippen LogP contribution in [0.4, 0.5) is 0 Å². The van der Waals surface area contributed by atoms with Gasteiger partial charge in [-0.1, -0.05) is 29.4 Å². The van der Waals surface area contributed by atoms with E-state index in [1.165, 1.54) is 18.0 Å². The quantitative estimate of drug-likeness (QED) is 0.357. The van der Waals surface area contributed by atoms with Crippen LogP contribution in [0.2, 0.25) is 5.02 Å². The molecule has 1 unspecified atom stereocenters. The van der Waals surface area contributed by atoms with Crippen molar-refractivity contribution in [1.29, 1.82) is 0 Å². The predicted molar refractivity (Wildman–Crippen MR) is 131 cm³/mol. The highest BCUT2D eigenvalue weighted by Crippen LogP contribution is 2.29. The molecule has 1 aliphatic rings. The molecular formula is C24H22ClN5O4S. The fraction of sp³-hybridized carbons (Fsp3) is 0.250. The van der Waals surface area contributed by atoms with Gasteiger partial charge in [0.15, 0.2) is 16.7 Å². The standard InChI is InChI=1S/C24H22ClN5O4S/c1-16-14-28(9-10-29(16)23(32)20-8-4-12-34-20)21(31)15-35-24-27-26-22(19-7-3-11-33-19)30(24)18-6-2-5-17(25)13-18/h2-8,11-13,16H,9-10,14-15H2,1H3. The summed E-state index contributed by atoms with van der Waals surface area (Å²) in [6.07, 6.45) is 3.05. The molecule has 1 atom stereocenters. The van der Waals surface area contributed by atoms with E-state index in [-0.39, 0.29) is 23.6 Å². The van der Waals surface area contributed by atoms with E-state index in [4.69, 9.17) is 20.4 Å². The molecule has 0 bridgehead atoms. The maximum atomic E-state index is 13.0. The molecule has 2 amide bonds. The normalized spacial score (nSPS) is 16.0. The van der Waals surface area contributed by atoms with Crippen molar-refractivity contribution < 1.29 is 18.4 Å². The fourth-order valence-corrected chi connectivity index (χ4v) is 5.06. The molecule has 3 aromatic heterocycles. The molecule has 5 rings (SSSR count). The molecule has 9 nitrogen and oxygen atoms in total. The van der Waals surface area contributed by atoms with Crippen molar-refractivity contribution in [2.24, 2.45) is 0 Å². The van der Waals surface area contributed by atoms with Crippen LogP contribution in [0.1, 0.15) is 17.5 Å². The number of benzene rings is 1. The van der Waals surface area contributed by atoms with Crippen LogP contribution >= 0.6 is 23.4 Å². The summed E-state index contributed by atoms with van der Waals surface area (Å²) in [5, 5.41) is 9.73. The van der Waals surface area contributed by atoms with Crippen molar-refractivity contribution in [1.82, 2.24) is 24.6 Å². The fourth-order valence-electron chi connectivity index (χ4n) is 4.02. The van der Waals surface area contributed by atoms with Gasteiger partial charge < -0.3 is 18.6 Å². The number of furan rings is 2. The van der Waals surface area contributed by atoms with Crippen LogP contribution in [0.3, 0.4) is 0 Å². The van der Waals surface area contributed by atoms with Gasteiger partial charge in [0.25, 0.3) is 5.91 Å². The lowest BCUT2D eigenvalue weighted by molar-refractivity contribution is -0.130. The first kappa shape index (κ1) is 23.3. The monoisotopic (exact) mass is 511 g/mol. The zero-order valence-corrected chi connectivity index (χ0v) is 20.4. The summed E-state index contributed by atoms with van der Waals surface area (Å²) < 4.78 is 12.6. The molecule has 1 saturated heterocycles. The van der Waals surface area contributed by atoms with E-state index in [1.54, 1.807) is 52.5 Å². The van der Waals surface area contributed by atoms with Gasteiger partial charge in [0.2, 0.25) is 11.7 Å². The van der Waals surface area contributed by atoms with E-state index in [2.05, 4.69) is 10.2 Å².